The lowest BCUT2D eigenvalue weighted by atomic mass is 9.81. The molecule has 0 radical (unpaired) electrons. The number of alkyl halides is 3. The number of amides is 1. The first-order valence-electron chi connectivity index (χ1n) is 8.63. The molecule has 4 rings (SSSR count). The summed E-state index contributed by atoms with van der Waals surface area (Å²) in [5.41, 5.74) is -0.437. The minimum atomic E-state index is -4.47. The highest BCUT2D eigenvalue weighted by Gasteiger charge is 2.39. The molecule has 3 heterocycles. The second-order valence-electron chi connectivity index (χ2n) is 6.59. The SMILES string of the molecule is O=C(NC1(c2cccc(C(F)(F)F)c2)CCOCC1)c1ccc2n[nH]nc2n1. The van der Waals surface area contributed by atoms with E-state index in [0.717, 1.165) is 12.1 Å². The highest BCUT2D eigenvalue weighted by Crippen LogP contribution is 2.36. The van der Waals surface area contributed by atoms with Crippen LogP contribution in [0.15, 0.2) is 36.4 Å². The zero-order valence-corrected chi connectivity index (χ0v) is 14.6. The van der Waals surface area contributed by atoms with Crippen LogP contribution in [0.4, 0.5) is 13.2 Å². The fourth-order valence-corrected chi connectivity index (χ4v) is 3.34. The van der Waals surface area contributed by atoms with E-state index in [9.17, 15) is 18.0 Å². The lowest BCUT2D eigenvalue weighted by Crippen LogP contribution is -2.49. The normalized spacial score (nSPS) is 16.8. The minimum absolute atomic E-state index is 0.110. The number of nitrogens with zero attached hydrogens (tertiary/aromatic N) is 3. The summed E-state index contributed by atoms with van der Waals surface area (Å²) in [5.74, 6) is -0.496. The number of nitrogens with one attached hydrogen (secondary N) is 2. The van der Waals surface area contributed by atoms with Gasteiger partial charge in [0.2, 0.25) is 5.65 Å². The lowest BCUT2D eigenvalue weighted by molar-refractivity contribution is -0.137. The number of H-pyrrole nitrogens is 1. The molecule has 7 nitrogen and oxygen atoms in total. The molecule has 0 atom stereocenters. The fraction of sp³-hybridized carbons (Fsp3) is 0.333. The van der Waals surface area contributed by atoms with Crippen molar-refractivity contribution in [1.82, 2.24) is 25.7 Å². The van der Waals surface area contributed by atoms with Crippen molar-refractivity contribution in [2.45, 2.75) is 24.6 Å². The van der Waals surface area contributed by atoms with Crippen LogP contribution in [0.5, 0.6) is 0 Å². The van der Waals surface area contributed by atoms with Gasteiger partial charge in [0, 0.05) is 13.2 Å². The molecule has 1 aliphatic heterocycles. The zero-order chi connectivity index (χ0) is 19.8. The van der Waals surface area contributed by atoms with Crippen molar-refractivity contribution in [3.05, 3.63) is 53.2 Å². The molecular weight excluding hydrogens is 375 g/mol. The Labute approximate surface area is 157 Å². The minimum Gasteiger partial charge on any atom is -0.381 e. The van der Waals surface area contributed by atoms with Crippen molar-refractivity contribution >= 4 is 17.1 Å². The number of aromatic nitrogens is 4. The van der Waals surface area contributed by atoms with Gasteiger partial charge < -0.3 is 10.1 Å². The van der Waals surface area contributed by atoms with E-state index in [2.05, 4.69) is 25.7 Å². The van der Waals surface area contributed by atoms with E-state index in [1.165, 1.54) is 12.1 Å². The number of carbonyl (C=O) groups excluding carboxylic acids is 1. The Kier molecular flexibility index (Phi) is 4.50. The maximum atomic E-state index is 13.2. The molecule has 1 saturated heterocycles. The molecule has 28 heavy (non-hydrogen) atoms. The highest BCUT2D eigenvalue weighted by atomic mass is 19.4. The number of aromatic amines is 1. The standard InChI is InChI=1S/C18H16F3N5O2/c19-18(20,21)12-3-1-2-11(10-12)17(6-8-28-9-7-17)23-16(27)14-5-4-13-15(22-14)25-26-24-13/h1-5,10H,6-9H2,(H,23,27)(H,22,24,25,26). The van der Waals surface area contributed by atoms with Crippen LogP contribution in [0.2, 0.25) is 0 Å². The number of ether oxygens (including phenoxy) is 1. The lowest BCUT2D eigenvalue weighted by Gasteiger charge is -2.38. The predicted octanol–water partition coefficient (Wildman–Crippen LogP) is 2.81. The van der Waals surface area contributed by atoms with Gasteiger partial charge in [-0.05, 0) is 42.7 Å². The Morgan fingerprint density at radius 3 is 2.68 bits per heavy atom. The summed E-state index contributed by atoms with van der Waals surface area (Å²) in [6.07, 6.45) is -3.76. The fourth-order valence-electron chi connectivity index (χ4n) is 3.34. The van der Waals surface area contributed by atoms with Crippen molar-refractivity contribution < 1.29 is 22.7 Å². The first-order valence-corrected chi connectivity index (χ1v) is 8.63. The molecule has 1 amide bonds. The number of carbonyl (C=O) groups is 1. The molecule has 0 saturated carbocycles. The predicted molar refractivity (Wildman–Crippen MR) is 92.3 cm³/mol. The van der Waals surface area contributed by atoms with E-state index in [-0.39, 0.29) is 11.3 Å². The summed E-state index contributed by atoms with van der Waals surface area (Å²) in [4.78, 5) is 17.0. The molecule has 0 aliphatic carbocycles. The van der Waals surface area contributed by atoms with E-state index in [0.29, 0.717) is 37.1 Å². The number of hydrogen-bond donors (Lipinski definition) is 2. The molecule has 0 unspecified atom stereocenters. The van der Waals surface area contributed by atoms with Gasteiger partial charge in [-0.2, -0.15) is 23.5 Å². The summed E-state index contributed by atoms with van der Waals surface area (Å²) in [6.45, 7) is 0.651. The van der Waals surface area contributed by atoms with E-state index >= 15 is 0 Å². The second kappa shape index (κ2) is 6.86. The Morgan fingerprint density at radius 1 is 1.14 bits per heavy atom. The highest BCUT2D eigenvalue weighted by molar-refractivity contribution is 5.94. The van der Waals surface area contributed by atoms with Gasteiger partial charge in [0.25, 0.3) is 5.91 Å². The van der Waals surface area contributed by atoms with E-state index in [1.807, 2.05) is 0 Å². The number of halogens is 3. The van der Waals surface area contributed by atoms with Crippen LogP contribution in [0, 0.1) is 0 Å². The molecule has 0 bridgehead atoms. The Bertz CT molecular complexity index is 1010. The van der Waals surface area contributed by atoms with Crippen LogP contribution in [0.1, 0.15) is 34.5 Å². The van der Waals surface area contributed by atoms with Gasteiger partial charge in [0.15, 0.2) is 0 Å². The quantitative estimate of drug-likeness (QED) is 0.716. The number of fused-ring (bicyclic) bond motifs is 1. The largest absolute Gasteiger partial charge is 0.416 e. The van der Waals surface area contributed by atoms with Crippen molar-refractivity contribution in [2.75, 3.05) is 13.2 Å². The average molecular weight is 391 g/mol. The van der Waals surface area contributed by atoms with Gasteiger partial charge in [-0.1, -0.05) is 12.1 Å². The third-order valence-electron chi connectivity index (χ3n) is 4.86. The summed E-state index contributed by atoms with van der Waals surface area (Å²) in [5, 5.41) is 13.0. The van der Waals surface area contributed by atoms with E-state index in [4.69, 9.17) is 4.74 Å². The maximum absolute atomic E-state index is 13.2. The molecule has 0 spiro atoms. The van der Waals surface area contributed by atoms with E-state index in [1.54, 1.807) is 12.1 Å². The van der Waals surface area contributed by atoms with Crippen LogP contribution in [-0.2, 0) is 16.5 Å². The first kappa shape index (κ1) is 18.4. The molecule has 1 aromatic carbocycles. The number of pyridine rings is 1. The van der Waals surface area contributed by atoms with Crippen LogP contribution >= 0.6 is 0 Å². The molecule has 2 aromatic heterocycles. The van der Waals surface area contributed by atoms with Crippen LogP contribution < -0.4 is 5.32 Å². The Morgan fingerprint density at radius 2 is 1.93 bits per heavy atom. The van der Waals surface area contributed by atoms with Gasteiger partial charge in [0.1, 0.15) is 11.2 Å². The van der Waals surface area contributed by atoms with Crippen molar-refractivity contribution in [2.24, 2.45) is 0 Å². The molecule has 10 heteroatoms. The third kappa shape index (κ3) is 3.42. The summed E-state index contributed by atoms with van der Waals surface area (Å²) in [7, 11) is 0. The molecule has 1 fully saturated rings. The molecule has 3 aromatic rings. The topological polar surface area (TPSA) is 92.8 Å². The third-order valence-corrected chi connectivity index (χ3v) is 4.86. The average Bonchev–Trinajstić information content (AvgIpc) is 3.16. The molecule has 1 aliphatic rings. The van der Waals surface area contributed by atoms with Crippen LogP contribution in [-0.4, -0.2) is 39.5 Å². The zero-order valence-electron chi connectivity index (χ0n) is 14.6. The molecular formula is C18H16F3N5O2. The molecule has 146 valence electrons. The summed E-state index contributed by atoms with van der Waals surface area (Å²) < 4.78 is 44.9. The molecule has 2 N–H and O–H groups in total. The van der Waals surface area contributed by atoms with Crippen molar-refractivity contribution in [3.8, 4) is 0 Å². The van der Waals surface area contributed by atoms with Crippen LogP contribution in [0.25, 0.3) is 11.2 Å². The second-order valence-corrected chi connectivity index (χ2v) is 6.59. The van der Waals surface area contributed by atoms with Crippen LogP contribution in [0.3, 0.4) is 0 Å². The Balaban J connectivity index is 1.68. The summed E-state index contributed by atoms with van der Waals surface area (Å²) >= 11 is 0. The van der Waals surface area contributed by atoms with E-state index < -0.39 is 23.2 Å². The van der Waals surface area contributed by atoms with Gasteiger partial charge in [-0.25, -0.2) is 4.98 Å². The number of hydrogen-bond acceptors (Lipinski definition) is 5. The summed E-state index contributed by atoms with van der Waals surface area (Å²) in [6, 6.07) is 8.13. The smallest absolute Gasteiger partial charge is 0.381 e. The number of rotatable bonds is 3. The maximum Gasteiger partial charge on any atom is 0.416 e. The number of benzene rings is 1. The van der Waals surface area contributed by atoms with Gasteiger partial charge in [-0.3, -0.25) is 4.79 Å². The van der Waals surface area contributed by atoms with Gasteiger partial charge in [0.05, 0.1) is 11.1 Å². The first-order chi connectivity index (χ1) is 13.4. The van der Waals surface area contributed by atoms with Crippen molar-refractivity contribution in [1.29, 1.82) is 0 Å². The Hall–Kier alpha value is -3.01. The van der Waals surface area contributed by atoms with Gasteiger partial charge >= 0.3 is 6.18 Å². The van der Waals surface area contributed by atoms with Crippen molar-refractivity contribution in [3.63, 3.8) is 0 Å². The van der Waals surface area contributed by atoms with Gasteiger partial charge in [-0.15, -0.1) is 5.10 Å². The monoisotopic (exact) mass is 391 g/mol.